The van der Waals surface area contributed by atoms with Crippen LogP contribution in [0.2, 0.25) is 5.02 Å². The third kappa shape index (κ3) is 2.92. The Balaban J connectivity index is 2.31. The van der Waals surface area contributed by atoms with Crippen molar-refractivity contribution in [3.63, 3.8) is 0 Å². The highest BCUT2D eigenvalue weighted by molar-refractivity contribution is 9.10. The number of carbonyl (C=O) groups excluding carboxylic acids is 1. The number of hydrogen-bond acceptors (Lipinski definition) is 2. The van der Waals surface area contributed by atoms with Crippen LogP contribution in [0.5, 0.6) is 0 Å². The molecule has 2 unspecified atom stereocenters. The van der Waals surface area contributed by atoms with Gasteiger partial charge in [-0.3, -0.25) is 4.79 Å². The first-order valence-corrected chi connectivity index (χ1v) is 7.07. The van der Waals surface area contributed by atoms with Crippen molar-refractivity contribution >= 4 is 39.4 Å². The summed E-state index contributed by atoms with van der Waals surface area (Å²) in [7, 11) is 0. The fraction of sp³-hybridized carbons (Fsp3) is 0.385. The summed E-state index contributed by atoms with van der Waals surface area (Å²) in [5.41, 5.74) is 0.403. The molecule has 19 heavy (non-hydrogen) atoms. The van der Waals surface area contributed by atoms with Crippen molar-refractivity contribution in [3.05, 3.63) is 33.3 Å². The average molecular weight is 347 g/mol. The molecule has 1 heterocycles. The van der Waals surface area contributed by atoms with Gasteiger partial charge >= 0.3 is 5.97 Å². The van der Waals surface area contributed by atoms with Crippen LogP contribution in [0.3, 0.4) is 0 Å². The van der Waals surface area contributed by atoms with Crippen molar-refractivity contribution in [1.82, 2.24) is 4.90 Å². The van der Waals surface area contributed by atoms with E-state index < -0.39 is 12.0 Å². The highest BCUT2D eigenvalue weighted by atomic mass is 79.9. The van der Waals surface area contributed by atoms with Crippen molar-refractivity contribution in [2.24, 2.45) is 5.92 Å². The van der Waals surface area contributed by atoms with E-state index in [4.69, 9.17) is 11.6 Å². The molecule has 4 nitrogen and oxygen atoms in total. The van der Waals surface area contributed by atoms with E-state index in [0.29, 0.717) is 28.0 Å². The third-order valence-electron chi connectivity index (χ3n) is 3.32. The minimum atomic E-state index is -0.959. The zero-order valence-corrected chi connectivity index (χ0v) is 12.6. The van der Waals surface area contributed by atoms with Gasteiger partial charge in [-0.05, 0) is 30.5 Å². The fourth-order valence-electron chi connectivity index (χ4n) is 2.39. The number of benzene rings is 1. The maximum absolute atomic E-state index is 12.4. The molecule has 0 bridgehead atoms. The Hall–Kier alpha value is -1.07. The number of aliphatic carboxylic acids is 1. The van der Waals surface area contributed by atoms with Crippen LogP contribution in [0, 0.1) is 5.92 Å². The van der Waals surface area contributed by atoms with Crippen LogP contribution in [-0.4, -0.2) is 34.5 Å². The topological polar surface area (TPSA) is 57.6 Å². The van der Waals surface area contributed by atoms with Gasteiger partial charge in [-0.15, -0.1) is 0 Å². The van der Waals surface area contributed by atoms with Crippen LogP contribution in [0.15, 0.2) is 22.7 Å². The molecular formula is C13H13BrClNO3. The molecule has 0 aliphatic carbocycles. The normalized spacial score (nSPS) is 22.6. The highest BCUT2D eigenvalue weighted by Crippen LogP contribution is 2.27. The molecule has 1 fully saturated rings. The largest absolute Gasteiger partial charge is 0.480 e. The Morgan fingerprint density at radius 3 is 2.68 bits per heavy atom. The number of rotatable bonds is 2. The van der Waals surface area contributed by atoms with Gasteiger partial charge < -0.3 is 10.0 Å². The van der Waals surface area contributed by atoms with E-state index in [1.165, 1.54) is 4.90 Å². The second-order valence-corrected chi connectivity index (χ2v) is 6.06. The van der Waals surface area contributed by atoms with Gasteiger partial charge in [0.15, 0.2) is 0 Å². The molecule has 1 aliphatic heterocycles. The number of halogens is 2. The van der Waals surface area contributed by atoms with E-state index in [9.17, 15) is 14.7 Å². The Morgan fingerprint density at radius 2 is 2.11 bits per heavy atom. The second kappa shape index (κ2) is 5.51. The van der Waals surface area contributed by atoms with Crippen molar-refractivity contribution < 1.29 is 14.7 Å². The summed E-state index contributed by atoms with van der Waals surface area (Å²) in [6.07, 6.45) is 0.699. The van der Waals surface area contributed by atoms with Crippen LogP contribution in [0.1, 0.15) is 23.7 Å². The van der Waals surface area contributed by atoms with E-state index in [0.717, 1.165) is 0 Å². The quantitative estimate of drug-likeness (QED) is 0.895. The van der Waals surface area contributed by atoms with Crippen LogP contribution >= 0.6 is 27.5 Å². The molecule has 1 aromatic rings. The first-order chi connectivity index (χ1) is 8.90. The molecule has 1 aliphatic rings. The molecule has 6 heteroatoms. The Labute approximate surface area is 124 Å². The van der Waals surface area contributed by atoms with Gasteiger partial charge in [-0.1, -0.05) is 34.5 Å². The Bertz CT molecular complexity index is 514. The molecule has 0 spiro atoms. The summed E-state index contributed by atoms with van der Waals surface area (Å²) < 4.78 is 0.697. The molecule has 1 N–H and O–H groups in total. The Morgan fingerprint density at radius 1 is 1.42 bits per heavy atom. The van der Waals surface area contributed by atoms with Crippen molar-refractivity contribution in [3.8, 4) is 0 Å². The summed E-state index contributed by atoms with van der Waals surface area (Å²) in [5, 5.41) is 9.67. The highest BCUT2D eigenvalue weighted by Gasteiger charge is 2.39. The molecule has 1 aromatic carbocycles. The van der Waals surface area contributed by atoms with E-state index in [1.807, 2.05) is 6.92 Å². The van der Waals surface area contributed by atoms with Crippen molar-refractivity contribution in [1.29, 1.82) is 0 Å². The first-order valence-electron chi connectivity index (χ1n) is 5.90. The third-order valence-corrected chi connectivity index (χ3v) is 4.00. The molecule has 1 saturated heterocycles. The van der Waals surface area contributed by atoms with Crippen molar-refractivity contribution in [2.45, 2.75) is 19.4 Å². The molecule has 0 aromatic heterocycles. The van der Waals surface area contributed by atoms with Gasteiger partial charge in [-0.25, -0.2) is 4.79 Å². The molecule has 102 valence electrons. The second-order valence-electron chi connectivity index (χ2n) is 4.71. The number of likely N-dealkylation sites (tertiary alicyclic amines) is 1. The molecule has 0 radical (unpaired) electrons. The lowest BCUT2D eigenvalue weighted by atomic mass is 10.0. The number of carbonyl (C=O) groups is 2. The van der Waals surface area contributed by atoms with E-state index in [1.54, 1.807) is 18.2 Å². The molecule has 2 atom stereocenters. The van der Waals surface area contributed by atoms with Crippen LogP contribution in [-0.2, 0) is 4.79 Å². The zero-order chi connectivity index (χ0) is 14.2. The minimum Gasteiger partial charge on any atom is -0.480 e. The predicted octanol–water partition coefficient (Wildman–Crippen LogP) is 3.04. The summed E-state index contributed by atoms with van der Waals surface area (Å²) in [4.78, 5) is 25.1. The molecule has 2 rings (SSSR count). The maximum atomic E-state index is 12.4. The average Bonchev–Trinajstić information content (AvgIpc) is 2.68. The minimum absolute atomic E-state index is 0.0379. The lowest BCUT2D eigenvalue weighted by molar-refractivity contribution is -0.142. The number of amides is 1. The van der Waals surface area contributed by atoms with Crippen LogP contribution < -0.4 is 0 Å². The standard InChI is InChI=1S/C13H13BrClNO3/c1-7-2-3-16(11(7)13(18)19)12(17)8-4-9(14)6-10(15)5-8/h4-7,11H,2-3H2,1H3,(H,18,19). The van der Waals surface area contributed by atoms with E-state index >= 15 is 0 Å². The fourth-order valence-corrected chi connectivity index (χ4v) is 3.25. The van der Waals surface area contributed by atoms with E-state index in [-0.39, 0.29) is 11.8 Å². The van der Waals surface area contributed by atoms with Crippen LogP contribution in [0.4, 0.5) is 0 Å². The first kappa shape index (κ1) is 14.3. The number of carboxylic acids is 1. The Kier molecular flexibility index (Phi) is 4.16. The van der Waals surface area contributed by atoms with Crippen LogP contribution in [0.25, 0.3) is 0 Å². The zero-order valence-electron chi connectivity index (χ0n) is 10.3. The van der Waals surface area contributed by atoms with Gasteiger partial charge in [0.2, 0.25) is 0 Å². The lowest BCUT2D eigenvalue weighted by Gasteiger charge is -2.23. The van der Waals surface area contributed by atoms with Gasteiger partial charge in [0.05, 0.1) is 0 Å². The van der Waals surface area contributed by atoms with Gasteiger partial charge in [0.25, 0.3) is 5.91 Å². The van der Waals surface area contributed by atoms with Gasteiger partial charge in [-0.2, -0.15) is 0 Å². The SMILES string of the molecule is CC1CCN(C(=O)c2cc(Cl)cc(Br)c2)C1C(=O)O. The monoisotopic (exact) mass is 345 g/mol. The smallest absolute Gasteiger partial charge is 0.326 e. The number of carboxylic acid groups (broad SMARTS) is 1. The summed E-state index contributed by atoms with van der Waals surface area (Å²) in [5.74, 6) is -1.29. The molecular weight excluding hydrogens is 334 g/mol. The van der Waals surface area contributed by atoms with Gasteiger partial charge in [0.1, 0.15) is 6.04 Å². The number of hydrogen-bond donors (Lipinski definition) is 1. The summed E-state index contributed by atoms with van der Waals surface area (Å²) in [6, 6.07) is 4.12. The lowest BCUT2D eigenvalue weighted by Crippen LogP contribution is -2.42. The maximum Gasteiger partial charge on any atom is 0.326 e. The summed E-state index contributed by atoms with van der Waals surface area (Å²) in [6.45, 7) is 2.31. The summed E-state index contributed by atoms with van der Waals surface area (Å²) >= 11 is 9.19. The molecule has 1 amide bonds. The molecule has 0 saturated carbocycles. The predicted molar refractivity (Wildman–Crippen MR) is 75.4 cm³/mol. The van der Waals surface area contributed by atoms with Gasteiger partial charge in [0, 0.05) is 21.6 Å². The van der Waals surface area contributed by atoms with Crippen molar-refractivity contribution in [2.75, 3.05) is 6.54 Å². The number of nitrogens with zero attached hydrogens (tertiary/aromatic N) is 1. The van der Waals surface area contributed by atoms with E-state index in [2.05, 4.69) is 15.9 Å².